The van der Waals surface area contributed by atoms with Crippen molar-refractivity contribution in [2.24, 2.45) is 0 Å². The second kappa shape index (κ2) is 5.27. The van der Waals surface area contributed by atoms with Crippen molar-refractivity contribution in [2.75, 3.05) is 19.6 Å². The third-order valence-corrected chi connectivity index (χ3v) is 3.16. The van der Waals surface area contributed by atoms with Gasteiger partial charge in [0.15, 0.2) is 0 Å². The highest BCUT2D eigenvalue weighted by Gasteiger charge is 2.27. The quantitative estimate of drug-likeness (QED) is 0.851. The fraction of sp³-hybridized carbons (Fsp3) is 0.462. The molecule has 1 fully saturated rings. The molecule has 1 aromatic carbocycles. The second-order valence-electron chi connectivity index (χ2n) is 4.26. The molecule has 1 N–H and O–H groups in total. The Bertz CT molecular complexity index is 404. The summed E-state index contributed by atoms with van der Waals surface area (Å²) >= 11 is 0. The van der Waals surface area contributed by atoms with Gasteiger partial charge >= 0.3 is 0 Å². The Balaban J connectivity index is 2.02. The normalized spacial score (nSPS) is 15.4. The Hall–Kier alpha value is -1.42. The molecule has 3 nitrogen and oxygen atoms in total. The van der Waals surface area contributed by atoms with Gasteiger partial charge in [0.1, 0.15) is 5.82 Å². The standard InChI is InChI=1S/C13H17FN2O/c1-2-16(11-8-15-9-11)13(17)7-10-5-3-4-6-12(10)14/h3-6,11,15H,2,7-9H2,1H3. The van der Waals surface area contributed by atoms with Crippen LogP contribution in [0.15, 0.2) is 24.3 Å². The topological polar surface area (TPSA) is 32.3 Å². The largest absolute Gasteiger partial charge is 0.337 e. The van der Waals surface area contributed by atoms with Gasteiger partial charge in [-0.15, -0.1) is 0 Å². The zero-order valence-corrected chi connectivity index (χ0v) is 9.95. The van der Waals surface area contributed by atoms with E-state index in [9.17, 15) is 9.18 Å². The molecule has 17 heavy (non-hydrogen) atoms. The maximum atomic E-state index is 13.4. The molecule has 1 aromatic rings. The molecule has 0 spiro atoms. The fourth-order valence-corrected chi connectivity index (χ4v) is 2.04. The fourth-order valence-electron chi connectivity index (χ4n) is 2.04. The highest BCUT2D eigenvalue weighted by Crippen LogP contribution is 2.11. The molecule has 92 valence electrons. The van der Waals surface area contributed by atoms with E-state index < -0.39 is 0 Å². The third-order valence-electron chi connectivity index (χ3n) is 3.16. The van der Waals surface area contributed by atoms with Crippen molar-refractivity contribution in [3.63, 3.8) is 0 Å². The Labute approximate surface area is 101 Å². The van der Waals surface area contributed by atoms with E-state index in [-0.39, 0.29) is 24.2 Å². The van der Waals surface area contributed by atoms with Crippen LogP contribution in [0, 0.1) is 5.82 Å². The van der Waals surface area contributed by atoms with Crippen LogP contribution in [-0.2, 0) is 11.2 Å². The number of amides is 1. The Morgan fingerprint density at radius 2 is 2.18 bits per heavy atom. The van der Waals surface area contributed by atoms with Crippen molar-refractivity contribution in [3.05, 3.63) is 35.6 Å². The van der Waals surface area contributed by atoms with E-state index in [0.29, 0.717) is 12.1 Å². The van der Waals surface area contributed by atoms with Crippen LogP contribution in [-0.4, -0.2) is 36.5 Å². The second-order valence-corrected chi connectivity index (χ2v) is 4.26. The zero-order chi connectivity index (χ0) is 12.3. The van der Waals surface area contributed by atoms with Gasteiger partial charge in [-0.2, -0.15) is 0 Å². The van der Waals surface area contributed by atoms with Crippen molar-refractivity contribution >= 4 is 5.91 Å². The first-order chi connectivity index (χ1) is 8.22. The van der Waals surface area contributed by atoms with E-state index in [0.717, 1.165) is 13.1 Å². The smallest absolute Gasteiger partial charge is 0.227 e. The van der Waals surface area contributed by atoms with Crippen molar-refractivity contribution in [3.8, 4) is 0 Å². The minimum absolute atomic E-state index is 0.00380. The summed E-state index contributed by atoms with van der Waals surface area (Å²) < 4.78 is 13.4. The van der Waals surface area contributed by atoms with Gasteiger partial charge in [0.05, 0.1) is 12.5 Å². The molecule has 0 saturated carbocycles. The van der Waals surface area contributed by atoms with Gasteiger partial charge in [-0.3, -0.25) is 4.79 Å². The van der Waals surface area contributed by atoms with Crippen molar-refractivity contribution < 1.29 is 9.18 Å². The summed E-state index contributed by atoms with van der Waals surface area (Å²) in [6, 6.07) is 6.73. The summed E-state index contributed by atoms with van der Waals surface area (Å²) in [5.74, 6) is -0.298. The number of hydrogen-bond acceptors (Lipinski definition) is 2. The predicted octanol–water partition coefficient (Wildman–Crippen LogP) is 1.19. The maximum absolute atomic E-state index is 13.4. The zero-order valence-electron chi connectivity index (χ0n) is 9.95. The SMILES string of the molecule is CCN(C(=O)Cc1ccccc1F)C1CNC1. The van der Waals surface area contributed by atoms with Gasteiger partial charge in [-0.05, 0) is 18.6 Å². The Kier molecular flexibility index (Phi) is 3.74. The Morgan fingerprint density at radius 3 is 2.71 bits per heavy atom. The van der Waals surface area contributed by atoms with Crippen molar-refractivity contribution in [2.45, 2.75) is 19.4 Å². The molecule has 4 heteroatoms. The molecule has 0 unspecified atom stereocenters. The molecular weight excluding hydrogens is 219 g/mol. The van der Waals surface area contributed by atoms with Gasteiger partial charge < -0.3 is 10.2 Å². The number of likely N-dealkylation sites (N-methyl/N-ethyl adjacent to an activating group) is 1. The van der Waals surface area contributed by atoms with Crippen LogP contribution in [0.5, 0.6) is 0 Å². The van der Waals surface area contributed by atoms with Gasteiger partial charge in [0.25, 0.3) is 0 Å². The van der Waals surface area contributed by atoms with Crippen LogP contribution < -0.4 is 5.32 Å². The first-order valence-corrected chi connectivity index (χ1v) is 5.96. The molecular formula is C13H17FN2O. The van der Waals surface area contributed by atoms with E-state index in [1.165, 1.54) is 6.07 Å². The summed E-state index contributed by atoms with van der Waals surface area (Å²) in [6.07, 6.45) is 0.150. The lowest BCUT2D eigenvalue weighted by atomic mass is 10.1. The highest BCUT2D eigenvalue weighted by molar-refractivity contribution is 5.79. The van der Waals surface area contributed by atoms with Crippen LogP contribution in [0.3, 0.4) is 0 Å². The summed E-state index contributed by atoms with van der Waals surface area (Å²) in [4.78, 5) is 13.9. The summed E-state index contributed by atoms with van der Waals surface area (Å²) in [7, 11) is 0. The molecule has 1 aliphatic rings. The lowest BCUT2D eigenvalue weighted by Crippen LogP contribution is -2.59. The van der Waals surface area contributed by atoms with Crippen molar-refractivity contribution in [1.82, 2.24) is 10.2 Å². The van der Waals surface area contributed by atoms with E-state index in [1.807, 2.05) is 11.8 Å². The minimum Gasteiger partial charge on any atom is -0.337 e. The number of rotatable bonds is 4. The van der Waals surface area contributed by atoms with E-state index in [1.54, 1.807) is 18.2 Å². The lowest BCUT2D eigenvalue weighted by Gasteiger charge is -2.37. The molecule has 2 rings (SSSR count). The molecule has 0 aliphatic carbocycles. The summed E-state index contributed by atoms with van der Waals surface area (Å²) in [6.45, 7) is 4.32. The van der Waals surface area contributed by atoms with E-state index in [4.69, 9.17) is 0 Å². The molecule has 1 amide bonds. The lowest BCUT2D eigenvalue weighted by molar-refractivity contribution is -0.133. The first-order valence-electron chi connectivity index (χ1n) is 5.96. The van der Waals surface area contributed by atoms with Crippen LogP contribution in [0.4, 0.5) is 4.39 Å². The number of hydrogen-bond donors (Lipinski definition) is 1. The highest BCUT2D eigenvalue weighted by atomic mass is 19.1. The molecule has 0 radical (unpaired) electrons. The van der Waals surface area contributed by atoms with Crippen LogP contribution >= 0.6 is 0 Å². The van der Waals surface area contributed by atoms with Crippen molar-refractivity contribution in [1.29, 1.82) is 0 Å². The van der Waals surface area contributed by atoms with E-state index >= 15 is 0 Å². The number of benzene rings is 1. The van der Waals surface area contributed by atoms with Crippen LogP contribution in [0.1, 0.15) is 12.5 Å². The van der Waals surface area contributed by atoms with Crippen LogP contribution in [0.25, 0.3) is 0 Å². The maximum Gasteiger partial charge on any atom is 0.227 e. The number of carbonyl (C=O) groups is 1. The average molecular weight is 236 g/mol. The average Bonchev–Trinajstić information content (AvgIpc) is 2.26. The number of nitrogens with one attached hydrogen (secondary N) is 1. The van der Waals surface area contributed by atoms with Gasteiger partial charge in [-0.25, -0.2) is 4.39 Å². The molecule has 0 bridgehead atoms. The summed E-state index contributed by atoms with van der Waals surface area (Å²) in [5.41, 5.74) is 0.475. The Morgan fingerprint density at radius 1 is 1.47 bits per heavy atom. The molecule has 0 aromatic heterocycles. The number of carbonyl (C=O) groups excluding carboxylic acids is 1. The van der Waals surface area contributed by atoms with Gasteiger partial charge in [-0.1, -0.05) is 18.2 Å². The minimum atomic E-state index is -0.302. The molecule has 0 atom stereocenters. The van der Waals surface area contributed by atoms with Gasteiger partial charge in [0.2, 0.25) is 5.91 Å². The van der Waals surface area contributed by atoms with Crippen LogP contribution in [0.2, 0.25) is 0 Å². The predicted molar refractivity (Wildman–Crippen MR) is 64.1 cm³/mol. The first kappa shape index (κ1) is 12.0. The third kappa shape index (κ3) is 2.64. The molecule has 1 heterocycles. The monoisotopic (exact) mass is 236 g/mol. The number of nitrogens with zero attached hydrogens (tertiary/aromatic N) is 1. The van der Waals surface area contributed by atoms with Gasteiger partial charge in [0, 0.05) is 19.6 Å². The number of halogens is 1. The molecule has 1 aliphatic heterocycles. The summed E-state index contributed by atoms with van der Waals surface area (Å²) in [5, 5.41) is 3.14. The van der Waals surface area contributed by atoms with E-state index in [2.05, 4.69) is 5.32 Å². The molecule has 1 saturated heterocycles.